The normalized spacial score (nSPS) is 14.0. The number of hydrogen-bond acceptors (Lipinski definition) is 9. The summed E-state index contributed by atoms with van der Waals surface area (Å²) in [5.74, 6) is -0.476. The second-order valence-electron chi connectivity index (χ2n) is 12.8. The molecule has 1 atom stereocenters. The molecule has 1 aliphatic heterocycles. The van der Waals surface area contributed by atoms with Gasteiger partial charge in [-0.2, -0.15) is 17.5 Å². The number of ether oxygens (including phenoxy) is 5. The van der Waals surface area contributed by atoms with Gasteiger partial charge < -0.3 is 29.0 Å². The Morgan fingerprint density at radius 2 is 1.49 bits per heavy atom. The lowest BCUT2D eigenvalue weighted by Crippen LogP contribution is -2.31. The number of nitrogens with one attached hydrogen (secondary N) is 1. The summed E-state index contributed by atoms with van der Waals surface area (Å²) in [6.45, 7) is -0.362. The third-order valence-corrected chi connectivity index (χ3v) is 11.4. The summed E-state index contributed by atoms with van der Waals surface area (Å²) in [4.78, 5) is 18.1. The molecule has 0 fully saturated rings. The molecule has 0 spiro atoms. The van der Waals surface area contributed by atoms with Gasteiger partial charge in [0.1, 0.15) is 34.6 Å². The highest BCUT2D eigenvalue weighted by Crippen LogP contribution is 2.44. The Morgan fingerprint density at radius 1 is 0.860 bits per heavy atom. The van der Waals surface area contributed by atoms with Gasteiger partial charge in [-0.3, -0.25) is 4.79 Å². The van der Waals surface area contributed by atoms with Crippen LogP contribution in [-0.4, -0.2) is 58.7 Å². The van der Waals surface area contributed by atoms with Crippen LogP contribution in [0.1, 0.15) is 50.5 Å². The number of hydrogen-bond donors (Lipinski definition) is 1. The number of amides is 1. The molecule has 17 heteroatoms. The summed E-state index contributed by atoms with van der Waals surface area (Å²) in [5.41, 5.74) is -0.0804. The van der Waals surface area contributed by atoms with E-state index in [2.05, 4.69) is 10.3 Å². The van der Waals surface area contributed by atoms with Crippen molar-refractivity contribution in [3.05, 3.63) is 129 Å². The van der Waals surface area contributed by atoms with Gasteiger partial charge in [0.05, 0.1) is 45.6 Å². The zero-order chi connectivity index (χ0) is 41.1. The minimum absolute atomic E-state index is 0.0321. The Balaban J connectivity index is 1.38. The first-order valence-electron chi connectivity index (χ1n) is 17.2. The van der Waals surface area contributed by atoms with Crippen LogP contribution < -0.4 is 29.0 Å². The van der Waals surface area contributed by atoms with Gasteiger partial charge in [-0.1, -0.05) is 29.8 Å². The standard InChI is InChI=1S/C40H36ClF4N3O8S/c1-52-27-8-5-23(35(17-27)54-3)21-48(22-24-6-9-28(53-2)18-36(24)55-4)57(50,51)38-16-26(11-13-46-38)47-39(49)32-20-34(41)33(40(43,44)45)19-31(32)29-12-14-56-37-15-25(42)7-10-30(29)37/h5-11,13,15-20,29H,12,14,21-22H2,1-4H3,(H,46,47,49). The van der Waals surface area contributed by atoms with Gasteiger partial charge in [0, 0.05) is 77.4 Å². The van der Waals surface area contributed by atoms with Crippen LogP contribution in [0, 0.1) is 5.82 Å². The van der Waals surface area contributed by atoms with Crippen molar-refractivity contribution < 1.29 is 54.5 Å². The van der Waals surface area contributed by atoms with Crippen LogP contribution in [0.5, 0.6) is 28.7 Å². The molecular weight excluding hydrogens is 794 g/mol. The number of alkyl halides is 3. The summed E-state index contributed by atoms with van der Waals surface area (Å²) in [7, 11) is 1.36. The minimum Gasteiger partial charge on any atom is -0.497 e. The van der Waals surface area contributed by atoms with Crippen molar-refractivity contribution in [2.75, 3.05) is 40.4 Å². The van der Waals surface area contributed by atoms with Crippen molar-refractivity contribution >= 4 is 33.2 Å². The van der Waals surface area contributed by atoms with Crippen LogP contribution >= 0.6 is 11.6 Å². The van der Waals surface area contributed by atoms with E-state index in [1.54, 1.807) is 36.4 Å². The Morgan fingerprint density at radius 3 is 2.07 bits per heavy atom. The molecule has 1 amide bonds. The van der Waals surface area contributed by atoms with Gasteiger partial charge in [-0.15, -0.1) is 0 Å². The molecule has 1 N–H and O–H groups in total. The molecule has 0 radical (unpaired) electrons. The molecule has 4 aromatic carbocycles. The molecule has 0 aliphatic carbocycles. The molecule has 0 bridgehead atoms. The van der Waals surface area contributed by atoms with Crippen LogP contribution in [-0.2, 0) is 29.3 Å². The third kappa shape index (κ3) is 8.87. The fraction of sp³-hybridized carbons (Fsp3) is 0.250. The molecule has 57 heavy (non-hydrogen) atoms. The zero-order valence-corrected chi connectivity index (χ0v) is 32.5. The molecule has 1 aromatic heterocycles. The maximum Gasteiger partial charge on any atom is 0.417 e. The van der Waals surface area contributed by atoms with E-state index in [-0.39, 0.29) is 48.7 Å². The van der Waals surface area contributed by atoms with E-state index in [0.717, 1.165) is 34.6 Å². The van der Waals surface area contributed by atoms with Gasteiger partial charge in [0.15, 0.2) is 5.03 Å². The number of carbonyl (C=O) groups is 1. The summed E-state index contributed by atoms with van der Waals surface area (Å²) in [6, 6.07) is 17.7. The Labute approximate surface area is 331 Å². The molecule has 0 saturated carbocycles. The van der Waals surface area contributed by atoms with Crippen LogP contribution in [0.3, 0.4) is 0 Å². The number of rotatable bonds is 13. The van der Waals surface area contributed by atoms with Gasteiger partial charge in [-0.05, 0) is 48.4 Å². The molecule has 0 saturated heterocycles. The highest BCUT2D eigenvalue weighted by atomic mass is 35.5. The predicted molar refractivity (Wildman–Crippen MR) is 203 cm³/mol. The Hall–Kier alpha value is -5.58. The van der Waals surface area contributed by atoms with Gasteiger partial charge >= 0.3 is 6.18 Å². The first kappa shape index (κ1) is 41.1. The number of nitrogens with zero attached hydrogens (tertiary/aromatic N) is 2. The van der Waals surface area contributed by atoms with Gasteiger partial charge in [0.25, 0.3) is 15.9 Å². The molecule has 1 unspecified atom stereocenters. The first-order chi connectivity index (χ1) is 27.2. The predicted octanol–water partition coefficient (Wildman–Crippen LogP) is 8.49. The molecule has 11 nitrogen and oxygen atoms in total. The number of pyridine rings is 1. The van der Waals surface area contributed by atoms with Crippen molar-refractivity contribution in [3.63, 3.8) is 0 Å². The van der Waals surface area contributed by atoms with Crippen LogP contribution in [0.4, 0.5) is 23.2 Å². The average Bonchev–Trinajstić information content (AvgIpc) is 3.19. The number of carbonyl (C=O) groups excluding carboxylic acids is 1. The number of aromatic nitrogens is 1. The van der Waals surface area contributed by atoms with E-state index >= 15 is 0 Å². The topological polar surface area (TPSA) is 126 Å². The SMILES string of the molecule is COc1ccc(CN(Cc2ccc(OC)cc2OC)S(=O)(=O)c2cc(NC(=O)c3cc(Cl)c(C(F)(F)F)cc3C3CCOc4cc(F)ccc43)ccn2)c(OC)c1. The third-order valence-electron chi connectivity index (χ3n) is 9.36. The second-order valence-corrected chi connectivity index (χ2v) is 15.0. The largest absolute Gasteiger partial charge is 0.497 e. The Bertz CT molecular complexity index is 2360. The molecular formula is C40H36ClF4N3O8S. The monoisotopic (exact) mass is 829 g/mol. The number of methoxy groups -OCH3 is 4. The number of halogens is 5. The van der Waals surface area contributed by atoms with Crippen LogP contribution in [0.2, 0.25) is 5.02 Å². The van der Waals surface area contributed by atoms with E-state index in [9.17, 15) is 30.8 Å². The summed E-state index contributed by atoms with van der Waals surface area (Å²) in [5, 5.41) is 1.43. The number of anilines is 1. The van der Waals surface area contributed by atoms with E-state index in [4.69, 9.17) is 35.3 Å². The quantitative estimate of drug-likeness (QED) is 0.116. The smallest absolute Gasteiger partial charge is 0.417 e. The fourth-order valence-electron chi connectivity index (χ4n) is 6.51. The lowest BCUT2D eigenvalue weighted by atomic mass is 9.83. The average molecular weight is 830 g/mol. The summed E-state index contributed by atoms with van der Waals surface area (Å²) in [6.07, 6.45) is -3.51. The highest BCUT2D eigenvalue weighted by molar-refractivity contribution is 7.89. The molecule has 300 valence electrons. The lowest BCUT2D eigenvalue weighted by Gasteiger charge is -2.28. The second kappa shape index (κ2) is 16.9. The maximum absolute atomic E-state index is 14.5. The van der Waals surface area contributed by atoms with Crippen LogP contribution in [0.15, 0.2) is 90.1 Å². The number of sulfonamides is 1. The fourth-order valence-corrected chi connectivity index (χ4v) is 8.13. The summed E-state index contributed by atoms with van der Waals surface area (Å²) >= 11 is 6.12. The molecule has 1 aliphatic rings. The van der Waals surface area contributed by atoms with Crippen molar-refractivity contribution in [3.8, 4) is 28.7 Å². The van der Waals surface area contributed by atoms with Gasteiger partial charge in [-0.25, -0.2) is 17.8 Å². The Kier molecular flexibility index (Phi) is 12.2. The lowest BCUT2D eigenvalue weighted by molar-refractivity contribution is -0.137. The van der Waals surface area contributed by atoms with E-state index < -0.39 is 49.5 Å². The molecule has 5 aromatic rings. The molecule has 6 rings (SSSR count). The van der Waals surface area contributed by atoms with E-state index in [0.29, 0.717) is 39.7 Å². The van der Waals surface area contributed by atoms with E-state index in [1.807, 2.05) is 0 Å². The van der Waals surface area contributed by atoms with E-state index in [1.165, 1.54) is 46.8 Å². The minimum atomic E-state index is -4.86. The van der Waals surface area contributed by atoms with Crippen molar-refractivity contribution in [2.45, 2.75) is 36.6 Å². The number of benzene rings is 4. The van der Waals surface area contributed by atoms with Crippen molar-refractivity contribution in [1.82, 2.24) is 9.29 Å². The first-order valence-corrected chi connectivity index (χ1v) is 19.0. The van der Waals surface area contributed by atoms with Crippen molar-refractivity contribution in [1.29, 1.82) is 0 Å². The number of fused-ring (bicyclic) bond motifs is 1. The molecule has 2 heterocycles. The summed E-state index contributed by atoms with van der Waals surface area (Å²) < 4.78 is 114. The zero-order valence-electron chi connectivity index (χ0n) is 30.9. The highest BCUT2D eigenvalue weighted by Gasteiger charge is 2.37. The van der Waals surface area contributed by atoms with Crippen molar-refractivity contribution in [2.24, 2.45) is 0 Å². The van der Waals surface area contributed by atoms with Gasteiger partial charge in [0.2, 0.25) is 0 Å². The van der Waals surface area contributed by atoms with Crippen LogP contribution in [0.25, 0.3) is 0 Å². The maximum atomic E-state index is 14.5.